The minimum absolute atomic E-state index is 0.0783. The summed E-state index contributed by atoms with van der Waals surface area (Å²) in [5.74, 6) is 0. The van der Waals surface area contributed by atoms with Crippen molar-refractivity contribution in [3.05, 3.63) is 0 Å². The Morgan fingerprint density at radius 2 is 1.81 bits per heavy atom. The van der Waals surface area contributed by atoms with Crippen LogP contribution in [0.25, 0.3) is 0 Å². The number of urea groups is 1. The van der Waals surface area contributed by atoms with E-state index in [0.717, 1.165) is 25.7 Å². The van der Waals surface area contributed by atoms with Crippen LogP contribution < -0.4 is 16.4 Å². The summed E-state index contributed by atoms with van der Waals surface area (Å²) in [5.41, 5.74) is 5.58. The Kier molecular flexibility index (Phi) is 3.84. The van der Waals surface area contributed by atoms with Crippen LogP contribution in [0.1, 0.15) is 53.4 Å². The standard InChI is InChI=1S/C12H25N3O/c1-11(2,3)14-10(16)15-12(4)7-5-9(13)6-8-12/h9H,5-8,13H2,1-4H3,(H2,14,15,16). The largest absolute Gasteiger partial charge is 0.334 e. The monoisotopic (exact) mass is 227 g/mol. The molecule has 16 heavy (non-hydrogen) atoms. The highest BCUT2D eigenvalue weighted by molar-refractivity contribution is 5.75. The van der Waals surface area contributed by atoms with Gasteiger partial charge in [0.1, 0.15) is 0 Å². The summed E-state index contributed by atoms with van der Waals surface area (Å²) in [6, 6.07) is 0.228. The molecule has 1 saturated carbocycles. The van der Waals surface area contributed by atoms with E-state index in [1.165, 1.54) is 0 Å². The summed E-state index contributed by atoms with van der Waals surface area (Å²) in [6.07, 6.45) is 3.91. The number of nitrogens with two attached hydrogens (primary N) is 1. The number of carbonyl (C=O) groups is 1. The molecule has 0 bridgehead atoms. The quantitative estimate of drug-likeness (QED) is 0.639. The van der Waals surface area contributed by atoms with Gasteiger partial charge in [-0.2, -0.15) is 0 Å². The molecule has 4 nitrogen and oxygen atoms in total. The van der Waals surface area contributed by atoms with Gasteiger partial charge >= 0.3 is 6.03 Å². The normalized spacial score (nSPS) is 30.9. The molecule has 0 radical (unpaired) electrons. The van der Waals surface area contributed by atoms with Crippen molar-refractivity contribution in [1.82, 2.24) is 10.6 Å². The van der Waals surface area contributed by atoms with Crippen molar-refractivity contribution in [3.63, 3.8) is 0 Å². The molecule has 1 aliphatic carbocycles. The molecule has 0 aromatic heterocycles. The second-order valence-electron chi connectivity index (χ2n) is 6.23. The Bertz CT molecular complexity index is 249. The lowest BCUT2D eigenvalue weighted by atomic mass is 9.81. The predicted molar refractivity (Wildman–Crippen MR) is 66.3 cm³/mol. The van der Waals surface area contributed by atoms with Gasteiger partial charge in [-0.15, -0.1) is 0 Å². The molecule has 1 aliphatic rings. The lowest BCUT2D eigenvalue weighted by molar-refractivity contribution is 0.199. The molecule has 0 aliphatic heterocycles. The highest BCUT2D eigenvalue weighted by Crippen LogP contribution is 2.26. The second kappa shape index (κ2) is 4.62. The molecule has 94 valence electrons. The fraction of sp³-hybridized carbons (Fsp3) is 0.917. The molecule has 0 aromatic rings. The molecule has 4 heteroatoms. The molecular formula is C12H25N3O. The predicted octanol–water partition coefficient (Wildman–Crippen LogP) is 1.74. The first-order valence-corrected chi connectivity index (χ1v) is 6.06. The number of carbonyl (C=O) groups excluding carboxylic acids is 1. The van der Waals surface area contributed by atoms with Crippen LogP contribution in [0, 0.1) is 0 Å². The Morgan fingerprint density at radius 3 is 2.25 bits per heavy atom. The van der Waals surface area contributed by atoms with E-state index in [-0.39, 0.29) is 17.1 Å². The van der Waals surface area contributed by atoms with Gasteiger partial charge in [-0.05, 0) is 53.4 Å². The molecule has 0 unspecified atom stereocenters. The van der Waals surface area contributed by atoms with Crippen LogP contribution >= 0.6 is 0 Å². The van der Waals surface area contributed by atoms with Gasteiger partial charge in [-0.3, -0.25) is 0 Å². The maximum atomic E-state index is 11.8. The van der Waals surface area contributed by atoms with Gasteiger partial charge < -0.3 is 16.4 Å². The van der Waals surface area contributed by atoms with Crippen LogP contribution in [0.15, 0.2) is 0 Å². The molecule has 0 atom stereocenters. The van der Waals surface area contributed by atoms with Crippen molar-refractivity contribution >= 4 is 6.03 Å². The number of nitrogens with one attached hydrogen (secondary N) is 2. The molecule has 2 amide bonds. The summed E-state index contributed by atoms with van der Waals surface area (Å²) in [5, 5.41) is 5.99. The summed E-state index contributed by atoms with van der Waals surface area (Å²) in [4.78, 5) is 11.8. The van der Waals surface area contributed by atoms with Gasteiger partial charge in [0.2, 0.25) is 0 Å². The van der Waals surface area contributed by atoms with Crippen molar-refractivity contribution < 1.29 is 4.79 Å². The maximum absolute atomic E-state index is 11.8. The molecule has 0 heterocycles. The molecule has 0 saturated heterocycles. The Labute approximate surface area is 98.3 Å². The van der Waals surface area contributed by atoms with Gasteiger partial charge in [0.15, 0.2) is 0 Å². The lowest BCUT2D eigenvalue weighted by Gasteiger charge is -2.37. The molecule has 1 rings (SSSR count). The summed E-state index contributed by atoms with van der Waals surface area (Å²) >= 11 is 0. The topological polar surface area (TPSA) is 67.2 Å². The molecule has 1 fully saturated rings. The van der Waals surface area contributed by atoms with Gasteiger partial charge in [-0.1, -0.05) is 0 Å². The highest BCUT2D eigenvalue weighted by atomic mass is 16.2. The van der Waals surface area contributed by atoms with Crippen LogP contribution in [0.2, 0.25) is 0 Å². The van der Waals surface area contributed by atoms with Crippen LogP contribution in [-0.4, -0.2) is 23.2 Å². The van der Waals surface area contributed by atoms with Crippen molar-refractivity contribution in [3.8, 4) is 0 Å². The van der Waals surface area contributed by atoms with E-state index in [9.17, 15) is 4.79 Å². The summed E-state index contributed by atoms with van der Waals surface area (Å²) in [7, 11) is 0. The van der Waals surface area contributed by atoms with Gasteiger partial charge in [0.25, 0.3) is 0 Å². The van der Waals surface area contributed by atoms with E-state index < -0.39 is 0 Å². The van der Waals surface area contributed by atoms with Crippen molar-refractivity contribution in [1.29, 1.82) is 0 Å². The third-order valence-corrected chi connectivity index (χ3v) is 3.04. The minimum atomic E-state index is -0.189. The maximum Gasteiger partial charge on any atom is 0.315 e. The van der Waals surface area contributed by atoms with Crippen molar-refractivity contribution in [2.75, 3.05) is 0 Å². The van der Waals surface area contributed by atoms with Gasteiger partial charge in [-0.25, -0.2) is 4.79 Å². The highest BCUT2D eigenvalue weighted by Gasteiger charge is 2.31. The summed E-state index contributed by atoms with van der Waals surface area (Å²) < 4.78 is 0. The fourth-order valence-corrected chi connectivity index (χ4v) is 2.05. The number of rotatable bonds is 1. The van der Waals surface area contributed by atoms with Gasteiger partial charge in [0.05, 0.1) is 0 Å². The number of hydrogen-bond donors (Lipinski definition) is 3. The van der Waals surface area contributed by atoms with E-state index in [2.05, 4.69) is 17.6 Å². The Balaban J connectivity index is 2.44. The second-order valence-corrected chi connectivity index (χ2v) is 6.23. The smallest absolute Gasteiger partial charge is 0.315 e. The van der Waals surface area contributed by atoms with E-state index >= 15 is 0 Å². The van der Waals surface area contributed by atoms with E-state index in [1.54, 1.807) is 0 Å². The Hall–Kier alpha value is -0.770. The summed E-state index contributed by atoms with van der Waals surface area (Å²) in [6.45, 7) is 8.03. The average Bonchev–Trinajstić information content (AvgIpc) is 2.07. The van der Waals surface area contributed by atoms with E-state index in [4.69, 9.17) is 5.73 Å². The average molecular weight is 227 g/mol. The first-order chi connectivity index (χ1) is 7.20. The van der Waals surface area contributed by atoms with Crippen LogP contribution in [-0.2, 0) is 0 Å². The SMILES string of the molecule is CC(C)(C)NC(=O)NC1(C)CCC(N)CC1. The first kappa shape index (κ1) is 13.3. The molecule has 0 spiro atoms. The zero-order valence-corrected chi connectivity index (χ0v) is 10.9. The first-order valence-electron chi connectivity index (χ1n) is 6.06. The Morgan fingerprint density at radius 1 is 1.31 bits per heavy atom. The third-order valence-electron chi connectivity index (χ3n) is 3.04. The van der Waals surface area contributed by atoms with Crippen LogP contribution in [0.4, 0.5) is 4.79 Å². The van der Waals surface area contributed by atoms with Gasteiger partial charge in [0, 0.05) is 17.1 Å². The molecular weight excluding hydrogens is 202 g/mol. The van der Waals surface area contributed by atoms with Crippen molar-refractivity contribution in [2.24, 2.45) is 5.73 Å². The fourth-order valence-electron chi connectivity index (χ4n) is 2.05. The zero-order valence-electron chi connectivity index (χ0n) is 10.9. The number of hydrogen-bond acceptors (Lipinski definition) is 2. The molecule has 0 aromatic carbocycles. The van der Waals surface area contributed by atoms with Crippen molar-refractivity contribution in [2.45, 2.75) is 70.5 Å². The number of amides is 2. The van der Waals surface area contributed by atoms with Crippen LogP contribution in [0.3, 0.4) is 0 Å². The zero-order chi connectivity index (χ0) is 12.4. The van der Waals surface area contributed by atoms with E-state index in [1.807, 2.05) is 20.8 Å². The molecule has 4 N–H and O–H groups in total. The van der Waals surface area contributed by atoms with Crippen LogP contribution in [0.5, 0.6) is 0 Å². The van der Waals surface area contributed by atoms with E-state index in [0.29, 0.717) is 6.04 Å². The minimum Gasteiger partial charge on any atom is -0.334 e. The lowest BCUT2D eigenvalue weighted by Crippen LogP contribution is -2.56. The third kappa shape index (κ3) is 4.39.